The summed E-state index contributed by atoms with van der Waals surface area (Å²) in [6.07, 6.45) is 10.0. The van der Waals surface area contributed by atoms with Gasteiger partial charge in [0.05, 0.1) is 11.5 Å². The minimum absolute atomic E-state index is 0.138. The van der Waals surface area contributed by atoms with E-state index in [0.29, 0.717) is 30.4 Å². The molecule has 0 saturated heterocycles. The average molecular weight is 499 g/mol. The molecule has 35 heavy (non-hydrogen) atoms. The number of hydrogen-bond acceptors (Lipinski definition) is 2. The second-order valence-electron chi connectivity index (χ2n) is 10.8. The van der Waals surface area contributed by atoms with Gasteiger partial charge in [0, 0.05) is 0 Å². The molecule has 3 aliphatic carbocycles. The van der Waals surface area contributed by atoms with E-state index in [1.807, 2.05) is 6.08 Å². The van der Waals surface area contributed by atoms with Gasteiger partial charge in [-0.25, -0.2) is 4.39 Å². The normalized spacial score (nSPS) is 31.5. The Labute approximate surface area is 204 Å². The minimum Gasteiger partial charge on any atom is -0.423 e. The summed E-state index contributed by atoms with van der Waals surface area (Å²) in [5.74, 6) is -2.88. The summed E-state index contributed by atoms with van der Waals surface area (Å²) in [6, 6.07) is 1.11. The third-order valence-electron chi connectivity index (χ3n) is 8.89. The predicted molar refractivity (Wildman–Crippen MR) is 124 cm³/mol. The van der Waals surface area contributed by atoms with Crippen LogP contribution in [0.3, 0.4) is 0 Å². The molecule has 0 spiro atoms. The average Bonchev–Trinajstić information content (AvgIpc) is 2.84. The van der Waals surface area contributed by atoms with Gasteiger partial charge in [0.1, 0.15) is 0 Å². The van der Waals surface area contributed by atoms with Crippen molar-refractivity contribution in [2.45, 2.75) is 83.2 Å². The van der Waals surface area contributed by atoms with Crippen LogP contribution in [0.5, 0.6) is 5.75 Å². The van der Waals surface area contributed by atoms with Crippen LogP contribution in [-0.4, -0.2) is 5.97 Å². The lowest BCUT2D eigenvalue weighted by atomic mass is 9.59. The molecule has 2 nitrogen and oxygen atoms in total. The van der Waals surface area contributed by atoms with E-state index in [1.54, 1.807) is 0 Å². The number of allylic oxidation sites excluding steroid dienone is 1. The highest BCUT2D eigenvalue weighted by molar-refractivity contribution is 5.75. The van der Waals surface area contributed by atoms with Crippen LogP contribution >= 0.6 is 0 Å². The number of ether oxygens (including phenoxy) is 1. The Balaban J connectivity index is 1.35. The van der Waals surface area contributed by atoms with Crippen molar-refractivity contribution in [2.75, 3.05) is 0 Å². The Morgan fingerprint density at radius 2 is 1.66 bits per heavy atom. The maximum absolute atomic E-state index is 14.2. The monoisotopic (exact) mass is 498 g/mol. The first-order chi connectivity index (χ1) is 16.7. The summed E-state index contributed by atoms with van der Waals surface area (Å²) in [5, 5.41) is 0. The van der Waals surface area contributed by atoms with E-state index in [4.69, 9.17) is 4.74 Å². The molecule has 194 valence electrons. The third-order valence-corrected chi connectivity index (χ3v) is 8.89. The number of carbonyl (C=O) groups is 1. The van der Waals surface area contributed by atoms with Gasteiger partial charge < -0.3 is 4.74 Å². The molecule has 0 amide bonds. The van der Waals surface area contributed by atoms with Gasteiger partial charge in [0.15, 0.2) is 11.6 Å². The molecule has 3 saturated carbocycles. The molecule has 0 bridgehead atoms. The summed E-state index contributed by atoms with van der Waals surface area (Å²) in [6.45, 7) is 3.82. The van der Waals surface area contributed by atoms with Crippen molar-refractivity contribution in [3.05, 3.63) is 42.0 Å². The molecule has 4 rings (SSSR count). The lowest BCUT2D eigenvalue weighted by molar-refractivity contribution is -0.144. The van der Waals surface area contributed by atoms with E-state index in [1.165, 1.54) is 32.1 Å². The number of rotatable bonds is 6. The molecule has 1 aromatic rings. The van der Waals surface area contributed by atoms with Crippen molar-refractivity contribution < 1.29 is 31.5 Å². The zero-order chi connectivity index (χ0) is 25.2. The number of esters is 1. The Morgan fingerprint density at radius 1 is 0.943 bits per heavy atom. The van der Waals surface area contributed by atoms with Crippen LogP contribution in [0.4, 0.5) is 22.0 Å². The molecule has 1 aromatic carbocycles. The Hall–Kier alpha value is -1.92. The number of benzene rings is 1. The molecule has 0 heterocycles. The van der Waals surface area contributed by atoms with Gasteiger partial charge >= 0.3 is 12.1 Å². The van der Waals surface area contributed by atoms with Crippen molar-refractivity contribution >= 4 is 5.97 Å². The number of alkyl halides is 3. The van der Waals surface area contributed by atoms with Crippen molar-refractivity contribution in [3.63, 3.8) is 0 Å². The van der Waals surface area contributed by atoms with Crippen LogP contribution in [0.15, 0.2) is 24.8 Å². The van der Waals surface area contributed by atoms with Crippen LogP contribution < -0.4 is 4.74 Å². The molecule has 3 aliphatic rings. The highest BCUT2D eigenvalue weighted by Crippen LogP contribution is 2.50. The van der Waals surface area contributed by atoms with Crippen LogP contribution in [-0.2, 0) is 11.0 Å². The first-order valence-corrected chi connectivity index (χ1v) is 13.1. The topological polar surface area (TPSA) is 26.3 Å². The Kier molecular flexibility index (Phi) is 8.22. The van der Waals surface area contributed by atoms with Crippen molar-refractivity contribution in [3.8, 4) is 5.75 Å². The van der Waals surface area contributed by atoms with Crippen molar-refractivity contribution in [1.29, 1.82) is 0 Å². The molecule has 0 aromatic heterocycles. The third kappa shape index (κ3) is 5.91. The summed E-state index contributed by atoms with van der Waals surface area (Å²) in [5.41, 5.74) is -1.71. The Bertz CT molecular complexity index is 903. The van der Waals surface area contributed by atoms with Gasteiger partial charge in [0.2, 0.25) is 5.82 Å². The molecule has 7 heteroatoms. The smallest absolute Gasteiger partial charge is 0.419 e. The lowest BCUT2D eigenvalue weighted by Gasteiger charge is -2.46. The van der Waals surface area contributed by atoms with E-state index in [2.05, 4.69) is 6.58 Å². The van der Waals surface area contributed by atoms with E-state index >= 15 is 0 Å². The van der Waals surface area contributed by atoms with Crippen LogP contribution in [0.25, 0.3) is 0 Å². The van der Waals surface area contributed by atoms with Gasteiger partial charge in [-0.1, -0.05) is 31.8 Å². The van der Waals surface area contributed by atoms with Gasteiger partial charge in [-0.15, -0.1) is 6.58 Å². The quantitative estimate of drug-likeness (QED) is 0.170. The molecule has 0 N–H and O–H groups in total. The number of hydrogen-bond donors (Lipinski definition) is 0. The van der Waals surface area contributed by atoms with E-state index in [9.17, 15) is 26.7 Å². The fraction of sp³-hybridized carbons (Fsp3) is 0.679. The highest BCUT2D eigenvalue weighted by Gasteiger charge is 2.44. The molecular weight excluding hydrogens is 463 g/mol. The van der Waals surface area contributed by atoms with Gasteiger partial charge in [0.25, 0.3) is 0 Å². The van der Waals surface area contributed by atoms with E-state index < -0.39 is 41.0 Å². The summed E-state index contributed by atoms with van der Waals surface area (Å²) >= 11 is 0. The number of halogens is 5. The SMILES string of the molecule is C=CCCC1CCC(C2CCC3C(CCCC3C(=O)Oc3ccc(C(F)(F)F)c(F)c3F)C2)CC1. The van der Waals surface area contributed by atoms with E-state index in [0.717, 1.165) is 50.4 Å². The molecule has 4 atom stereocenters. The lowest BCUT2D eigenvalue weighted by Crippen LogP contribution is -2.40. The van der Waals surface area contributed by atoms with Crippen LogP contribution in [0, 0.1) is 47.1 Å². The fourth-order valence-corrected chi connectivity index (χ4v) is 7.04. The van der Waals surface area contributed by atoms with Crippen LogP contribution in [0.2, 0.25) is 0 Å². The predicted octanol–water partition coefficient (Wildman–Crippen LogP) is 8.49. The largest absolute Gasteiger partial charge is 0.423 e. The first-order valence-electron chi connectivity index (χ1n) is 13.1. The van der Waals surface area contributed by atoms with Gasteiger partial charge in [-0.3, -0.25) is 4.79 Å². The van der Waals surface area contributed by atoms with E-state index in [-0.39, 0.29) is 5.92 Å². The summed E-state index contributed by atoms with van der Waals surface area (Å²) in [4.78, 5) is 12.9. The maximum atomic E-state index is 14.2. The van der Waals surface area contributed by atoms with Gasteiger partial charge in [-0.2, -0.15) is 17.6 Å². The molecule has 3 fully saturated rings. The summed E-state index contributed by atoms with van der Waals surface area (Å²) in [7, 11) is 0. The number of fused-ring (bicyclic) bond motifs is 1. The molecule has 0 aliphatic heterocycles. The number of carbonyl (C=O) groups excluding carboxylic acids is 1. The van der Waals surface area contributed by atoms with Crippen LogP contribution in [0.1, 0.15) is 82.6 Å². The summed E-state index contributed by atoms with van der Waals surface area (Å²) < 4.78 is 71.8. The second-order valence-corrected chi connectivity index (χ2v) is 10.8. The molecule has 0 radical (unpaired) electrons. The van der Waals surface area contributed by atoms with Gasteiger partial charge in [-0.05, 0) is 93.1 Å². The van der Waals surface area contributed by atoms with Crippen molar-refractivity contribution in [1.82, 2.24) is 0 Å². The standard InChI is InChI=1S/C28H35F5O2/c1-2-3-5-17-8-10-18(11-9-17)19-12-13-21-20(16-19)6-4-7-22(21)27(34)35-24-15-14-23(28(31,32)33)25(29)26(24)30/h2,14-15,17-22H,1,3-13,16H2. The first kappa shape index (κ1) is 26.2. The minimum atomic E-state index is -5.02. The molecular formula is C28H35F5O2. The molecule has 4 unspecified atom stereocenters. The fourth-order valence-electron chi connectivity index (χ4n) is 7.04. The second kappa shape index (κ2) is 11.0. The zero-order valence-corrected chi connectivity index (χ0v) is 20.1. The Morgan fingerprint density at radius 3 is 2.34 bits per heavy atom. The maximum Gasteiger partial charge on any atom is 0.419 e. The zero-order valence-electron chi connectivity index (χ0n) is 20.1. The van der Waals surface area contributed by atoms with Crippen molar-refractivity contribution in [2.24, 2.45) is 35.5 Å². The highest BCUT2D eigenvalue weighted by atomic mass is 19.4.